The van der Waals surface area contributed by atoms with Crippen molar-refractivity contribution in [2.24, 2.45) is 0 Å². The highest BCUT2D eigenvalue weighted by molar-refractivity contribution is 7.79. The van der Waals surface area contributed by atoms with Crippen LogP contribution < -0.4 is 0 Å². The second kappa shape index (κ2) is 4.38. The third kappa shape index (κ3) is 3.50. The molecule has 7 heteroatoms. The highest BCUT2D eigenvalue weighted by Crippen LogP contribution is 2.34. The van der Waals surface area contributed by atoms with Crippen LogP contribution >= 0.6 is 0 Å². The second-order valence-corrected chi connectivity index (χ2v) is 4.74. The molecule has 17 heavy (non-hydrogen) atoms. The second-order valence-electron chi connectivity index (χ2n) is 3.77. The fourth-order valence-corrected chi connectivity index (χ4v) is 1.66. The summed E-state index contributed by atoms with van der Waals surface area (Å²) in [7, 11) is 0. The Morgan fingerprint density at radius 1 is 1.00 bits per heavy atom. The third-order valence-electron chi connectivity index (χ3n) is 2.12. The molecule has 2 nitrogen and oxygen atoms in total. The van der Waals surface area contributed by atoms with Gasteiger partial charge in [0.25, 0.3) is 11.8 Å². The lowest BCUT2D eigenvalue weighted by molar-refractivity contribution is 0.0101. The standard InChI is InChI=1S/C10H10F4O2S/c1-9(11,12)6-3-7(10(2,13)14)5-8(4-6)17(15)16/h3-5H,1-2H3,(H,15,16). The Balaban J connectivity index is 3.45. The van der Waals surface area contributed by atoms with Crippen LogP contribution in [0.1, 0.15) is 25.0 Å². The Kier molecular flexibility index (Phi) is 3.63. The summed E-state index contributed by atoms with van der Waals surface area (Å²) in [6.07, 6.45) is 0. The van der Waals surface area contributed by atoms with Crippen molar-refractivity contribution in [3.63, 3.8) is 0 Å². The lowest BCUT2D eigenvalue weighted by Crippen LogP contribution is -2.13. The van der Waals surface area contributed by atoms with Crippen molar-refractivity contribution in [1.82, 2.24) is 0 Å². The number of alkyl halides is 4. The molecule has 0 saturated carbocycles. The fraction of sp³-hybridized carbons (Fsp3) is 0.400. The van der Waals surface area contributed by atoms with Gasteiger partial charge in [0, 0.05) is 25.0 Å². The van der Waals surface area contributed by atoms with Gasteiger partial charge < -0.3 is 4.55 Å². The van der Waals surface area contributed by atoms with Crippen molar-refractivity contribution < 1.29 is 26.3 Å². The van der Waals surface area contributed by atoms with Gasteiger partial charge in [-0.15, -0.1) is 0 Å². The summed E-state index contributed by atoms with van der Waals surface area (Å²) in [5.41, 5.74) is -1.43. The molecule has 1 aromatic carbocycles. The largest absolute Gasteiger partial charge is 0.302 e. The van der Waals surface area contributed by atoms with Gasteiger partial charge in [-0.25, -0.2) is 21.8 Å². The molecule has 0 aliphatic heterocycles. The summed E-state index contributed by atoms with van der Waals surface area (Å²) in [6, 6.07) is 2.12. The molecule has 0 fully saturated rings. The molecule has 0 spiro atoms. The van der Waals surface area contributed by atoms with Gasteiger partial charge in [-0.2, -0.15) is 0 Å². The average Bonchev–Trinajstić information content (AvgIpc) is 2.14. The van der Waals surface area contributed by atoms with E-state index in [1.807, 2.05) is 0 Å². The predicted molar refractivity (Wildman–Crippen MR) is 54.6 cm³/mol. The zero-order valence-electron chi connectivity index (χ0n) is 9.01. The van der Waals surface area contributed by atoms with E-state index in [0.717, 1.165) is 12.1 Å². The summed E-state index contributed by atoms with van der Waals surface area (Å²) < 4.78 is 71.7. The molecule has 1 N–H and O–H groups in total. The van der Waals surface area contributed by atoms with Crippen molar-refractivity contribution in [3.05, 3.63) is 29.3 Å². The van der Waals surface area contributed by atoms with Crippen LogP contribution in [0.4, 0.5) is 17.6 Å². The zero-order chi connectivity index (χ0) is 13.4. The summed E-state index contributed by atoms with van der Waals surface area (Å²) in [5.74, 6) is -6.70. The number of hydrogen-bond acceptors (Lipinski definition) is 1. The van der Waals surface area contributed by atoms with Crippen LogP contribution in [0.5, 0.6) is 0 Å². The molecule has 1 atom stereocenters. The van der Waals surface area contributed by atoms with E-state index in [4.69, 9.17) is 4.55 Å². The average molecular weight is 270 g/mol. The molecule has 0 saturated heterocycles. The molecule has 0 amide bonds. The molecule has 0 aliphatic rings. The third-order valence-corrected chi connectivity index (χ3v) is 2.76. The van der Waals surface area contributed by atoms with E-state index >= 15 is 0 Å². The summed E-state index contributed by atoms with van der Waals surface area (Å²) in [5, 5.41) is 0. The van der Waals surface area contributed by atoms with Crippen LogP contribution in [-0.4, -0.2) is 8.76 Å². The maximum absolute atomic E-state index is 13.0. The molecule has 96 valence electrons. The molecule has 0 aromatic heterocycles. The Morgan fingerprint density at radius 3 is 1.59 bits per heavy atom. The molecule has 0 heterocycles. The van der Waals surface area contributed by atoms with Crippen LogP contribution in [0.15, 0.2) is 23.1 Å². The van der Waals surface area contributed by atoms with Gasteiger partial charge in [0.05, 0.1) is 4.90 Å². The number of halogens is 4. The highest BCUT2D eigenvalue weighted by Gasteiger charge is 2.31. The molecule has 0 aliphatic carbocycles. The number of hydrogen-bond donors (Lipinski definition) is 1. The molecule has 1 unspecified atom stereocenters. The van der Waals surface area contributed by atoms with Gasteiger partial charge in [0.2, 0.25) is 0 Å². The van der Waals surface area contributed by atoms with Crippen molar-refractivity contribution in [2.45, 2.75) is 30.6 Å². The van der Waals surface area contributed by atoms with Crippen molar-refractivity contribution >= 4 is 11.1 Å². The maximum Gasteiger partial charge on any atom is 0.270 e. The highest BCUT2D eigenvalue weighted by atomic mass is 32.2. The van der Waals surface area contributed by atoms with Crippen molar-refractivity contribution in [3.8, 4) is 0 Å². The van der Waals surface area contributed by atoms with Gasteiger partial charge in [0.15, 0.2) is 11.1 Å². The Labute approximate surface area is 97.9 Å². The first-order valence-electron chi connectivity index (χ1n) is 4.54. The summed E-state index contributed by atoms with van der Waals surface area (Å²) in [4.78, 5) is -0.472. The van der Waals surface area contributed by atoms with Gasteiger partial charge in [-0.3, -0.25) is 0 Å². The summed E-state index contributed by atoms with van der Waals surface area (Å²) >= 11 is -2.59. The predicted octanol–water partition coefficient (Wildman–Crippen LogP) is 3.49. The van der Waals surface area contributed by atoms with Crippen LogP contribution in [0.25, 0.3) is 0 Å². The monoisotopic (exact) mass is 270 g/mol. The van der Waals surface area contributed by atoms with E-state index in [2.05, 4.69) is 0 Å². The quantitative estimate of drug-likeness (QED) is 0.674. The van der Waals surface area contributed by atoms with Crippen molar-refractivity contribution in [2.75, 3.05) is 0 Å². The first-order chi connectivity index (χ1) is 7.51. The summed E-state index contributed by atoms with van der Waals surface area (Å²) in [6.45, 7) is 1.06. The first-order valence-corrected chi connectivity index (χ1v) is 5.65. The minimum absolute atomic E-state index is 0.472. The lowest BCUT2D eigenvalue weighted by atomic mass is 10.0. The molecule has 0 radical (unpaired) electrons. The van der Waals surface area contributed by atoms with E-state index < -0.39 is 38.9 Å². The topological polar surface area (TPSA) is 37.3 Å². The first kappa shape index (κ1) is 14.1. The Bertz CT molecular complexity index is 416. The molecule has 0 bridgehead atoms. The normalized spacial score (nSPS) is 14.8. The Morgan fingerprint density at radius 2 is 1.35 bits per heavy atom. The molecule has 1 rings (SSSR count). The molecular formula is C10H10F4O2S. The minimum Gasteiger partial charge on any atom is -0.302 e. The van der Waals surface area contributed by atoms with E-state index in [1.54, 1.807) is 0 Å². The van der Waals surface area contributed by atoms with E-state index in [0.29, 0.717) is 19.9 Å². The molecular weight excluding hydrogens is 260 g/mol. The maximum atomic E-state index is 13.0. The molecule has 1 aromatic rings. The van der Waals surface area contributed by atoms with Crippen LogP contribution in [-0.2, 0) is 22.9 Å². The SMILES string of the molecule is CC(F)(F)c1cc(S(=O)O)cc(C(C)(F)F)c1. The van der Waals surface area contributed by atoms with E-state index in [9.17, 15) is 21.8 Å². The minimum atomic E-state index is -3.35. The van der Waals surface area contributed by atoms with Crippen molar-refractivity contribution in [1.29, 1.82) is 0 Å². The fourth-order valence-electron chi connectivity index (χ4n) is 1.21. The Hall–Kier alpha value is -0.950. The van der Waals surface area contributed by atoms with Gasteiger partial charge in [-0.1, -0.05) is 0 Å². The number of rotatable bonds is 3. The van der Waals surface area contributed by atoms with Gasteiger partial charge >= 0.3 is 0 Å². The zero-order valence-corrected chi connectivity index (χ0v) is 9.82. The van der Waals surface area contributed by atoms with E-state index in [1.165, 1.54) is 0 Å². The van der Waals surface area contributed by atoms with Gasteiger partial charge in [-0.05, 0) is 18.2 Å². The lowest BCUT2D eigenvalue weighted by Gasteiger charge is -2.16. The van der Waals surface area contributed by atoms with E-state index in [-0.39, 0.29) is 0 Å². The van der Waals surface area contributed by atoms with Crippen LogP contribution in [0.2, 0.25) is 0 Å². The smallest absolute Gasteiger partial charge is 0.270 e. The van der Waals surface area contributed by atoms with Crippen LogP contribution in [0.3, 0.4) is 0 Å². The van der Waals surface area contributed by atoms with Gasteiger partial charge in [0.1, 0.15) is 0 Å². The van der Waals surface area contributed by atoms with Crippen LogP contribution in [0, 0.1) is 0 Å². The number of benzene rings is 1.